The number of aliphatic hydroxyl groups excluding tert-OH is 1. The molecule has 2 aromatic rings. The normalized spacial score (nSPS) is 17.2. The molecule has 0 radical (unpaired) electrons. The molecular formula is C33H54O4Si2. The van der Waals surface area contributed by atoms with E-state index in [0.717, 1.165) is 0 Å². The maximum absolute atomic E-state index is 11.3. The highest BCUT2D eigenvalue weighted by Gasteiger charge is 2.51. The van der Waals surface area contributed by atoms with Gasteiger partial charge in [0.25, 0.3) is 8.32 Å². The molecule has 1 N–H and O–H groups in total. The highest BCUT2D eigenvalue weighted by Crippen LogP contribution is 2.41. The maximum Gasteiger partial charge on any atom is 0.261 e. The Morgan fingerprint density at radius 3 is 1.67 bits per heavy atom. The minimum absolute atomic E-state index is 0.0349. The fourth-order valence-corrected chi connectivity index (χ4v) is 11.4. The van der Waals surface area contributed by atoms with Crippen molar-refractivity contribution >= 4 is 27.0 Å². The van der Waals surface area contributed by atoms with Crippen LogP contribution in [0.2, 0.25) is 23.2 Å². The van der Waals surface area contributed by atoms with Crippen LogP contribution in [0.15, 0.2) is 73.3 Å². The molecule has 0 heterocycles. The van der Waals surface area contributed by atoms with Crippen molar-refractivity contribution in [3.63, 3.8) is 0 Å². The average Bonchev–Trinajstić information content (AvgIpc) is 2.87. The summed E-state index contributed by atoms with van der Waals surface area (Å²) in [5.41, 5.74) is 0. The Balaban J connectivity index is 2.55. The largest absolute Gasteiger partial charge is 0.413 e. The molecule has 39 heavy (non-hydrogen) atoms. The minimum Gasteiger partial charge on any atom is -0.413 e. The monoisotopic (exact) mass is 570 g/mol. The molecule has 0 aliphatic heterocycles. The Bertz CT molecular complexity index is 972. The molecule has 0 aliphatic carbocycles. The highest BCUT2D eigenvalue weighted by atomic mass is 28.4. The number of hydrogen-bond acceptors (Lipinski definition) is 4. The Kier molecular flexibility index (Phi) is 11.6. The van der Waals surface area contributed by atoms with Crippen LogP contribution in [0.5, 0.6) is 0 Å². The van der Waals surface area contributed by atoms with Gasteiger partial charge in [0, 0.05) is 25.6 Å². The Morgan fingerprint density at radius 2 is 1.31 bits per heavy atom. The van der Waals surface area contributed by atoms with Gasteiger partial charge < -0.3 is 18.7 Å². The van der Waals surface area contributed by atoms with Crippen molar-refractivity contribution in [1.29, 1.82) is 0 Å². The highest BCUT2D eigenvalue weighted by molar-refractivity contribution is 6.99. The first kappa shape index (κ1) is 33.7. The van der Waals surface area contributed by atoms with E-state index in [4.69, 9.17) is 13.6 Å². The van der Waals surface area contributed by atoms with Crippen LogP contribution >= 0.6 is 0 Å². The second-order valence-electron chi connectivity index (χ2n) is 13.6. The van der Waals surface area contributed by atoms with Gasteiger partial charge in [-0.2, -0.15) is 0 Å². The van der Waals surface area contributed by atoms with Gasteiger partial charge >= 0.3 is 0 Å². The quantitative estimate of drug-likeness (QED) is 0.213. The molecule has 0 amide bonds. The summed E-state index contributed by atoms with van der Waals surface area (Å²) in [6.07, 6.45) is 0.262. The summed E-state index contributed by atoms with van der Waals surface area (Å²) in [6, 6.07) is 21.5. The zero-order valence-electron chi connectivity index (χ0n) is 26.3. The van der Waals surface area contributed by atoms with E-state index in [2.05, 4.69) is 136 Å². The molecule has 0 bridgehead atoms. The molecule has 4 nitrogen and oxygen atoms in total. The van der Waals surface area contributed by atoms with E-state index >= 15 is 0 Å². The number of rotatable bonds is 13. The molecule has 0 aromatic heterocycles. The fourth-order valence-electron chi connectivity index (χ4n) is 5.24. The standard InChI is InChI=1S/C33H54O4Si2/c1-13-29(35-10)30(34)26(3)31(37-38(11,12)32(4,5)6)25(2)24-36-39(33(7,8)9,27-20-16-14-17-21-27)28-22-18-15-19-23-28/h13-23,25-26,29-31,34H,1,24H2,2-12H3/t25-,26+,29-,30+,31-/m0/s1. The zero-order chi connectivity index (χ0) is 29.6. The topological polar surface area (TPSA) is 47.9 Å². The van der Waals surface area contributed by atoms with Crippen molar-refractivity contribution in [2.45, 2.75) is 96.9 Å². The van der Waals surface area contributed by atoms with Crippen molar-refractivity contribution in [2.24, 2.45) is 11.8 Å². The Labute approximate surface area is 241 Å². The van der Waals surface area contributed by atoms with Crippen molar-refractivity contribution in [3.05, 3.63) is 73.3 Å². The third-order valence-electron chi connectivity index (χ3n) is 8.68. The van der Waals surface area contributed by atoms with Gasteiger partial charge in [-0.05, 0) is 33.5 Å². The minimum atomic E-state index is -2.70. The average molecular weight is 571 g/mol. The van der Waals surface area contributed by atoms with Gasteiger partial charge in [-0.25, -0.2) is 0 Å². The number of aliphatic hydroxyl groups is 1. The second kappa shape index (κ2) is 13.4. The number of hydrogen-bond donors (Lipinski definition) is 1. The summed E-state index contributed by atoms with van der Waals surface area (Å²) < 4.78 is 19.9. The van der Waals surface area contributed by atoms with Crippen molar-refractivity contribution in [3.8, 4) is 0 Å². The van der Waals surface area contributed by atoms with Crippen LogP contribution in [0, 0.1) is 11.8 Å². The van der Waals surface area contributed by atoms with Crippen LogP contribution < -0.4 is 10.4 Å². The number of methoxy groups -OCH3 is 1. The smallest absolute Gasteiger partial charge is 0.261 e. The third-order valence-corrected chi connectivity index (χ3v) is 18.2. The summed E-state index contributed by atoms with van der Waals surface area (Å²) in [5.74, 6) is -0.146. The van der Waals surface area contributed by atoms with Gasteiger partial charge in [-0.15, -0.1) is 6.58 Å². The third kappa shape index (κ3) is 7.60. The molecule has 0 spiro atoms. The molecule has 0 saturated heterocycles. The lowest BCUT2D eigenvalue weighted by Gasteiger charge is -2.46. The molecule has 5 atom stereocenters. The molecule has 0 saturated carbocycles. The van der Waals surface area contributed by atoms with Gasteiger partial charge in [-0.3, -0.25) is 0 Å². The van der Waals surface area contributed by atoms with Crippen LogP contribution in [-0.2, 0) is 13.6 Å². The molecule has 218 valence electrons. The summed E-state index contributed by atoms with van der Waals surface area (Å²) in [7, 11) is -3.24. The first-order valence-electron chi connectivity index (χ1n) is 14.3. The lowest BCUT2D eigenvalue weighted by Crippen LogP contribution is -2.67. The molecule has 0 fully saturated rings. The molecule has 2 aromatic carbocycles. The molecule has 6 heteroatoms. The molecule has 0 unspecified atom stereocenters. The fraction of sp³-hybridized carbons (Fsp3) is 0.576. The van der Waals surface area contributed by atoms with Gasteiger partial charge in [-0.1, -0.05) is 122 Å². The van der Waals surface area contributed by atoms with Gasteiger partial charge in [0.15, 0.2) is 8.32 Å². The Hall–Kier alpha value is -1.55. The summed E-state index contributed by atoms with van der Waals surface area (Å²) in [6.45, 7) is 26.9. The van der Waals surface area contributed by atoms with Crippen LogP contribution in [-0.4, -0.2) is 53.8 Å². The van der Waals surface area contributed by atoms with Gasteiger partial charge in [0.05, 0.1) is 12.2 Å². The second-order valence-corrected chi connectivity index (χ2v) is 22.6. The van der Waals surface area contributed by atoms with E-state index in [1.54, 1.807) is 13.2 Å². The predicted molar refractivity (Wildman–Crippen MR) is 171 cm³/mol. The Morgan fingerprint density at radius 1 is 0.846 bits per heavy atom. The first-order valence-corrected chi connectivity index (χ1v) is 19.1. The summed E-state index contributed by atoms with van der Waals surface area (Å²) in [5, 5.41) is 13.8. The predicted octanol–water partition coefficient (Wildman–Crippen LogP) is 6.79. The summed E-state index contributed by atoms with van der Waals surface area (Å²) >= 11 is 0. The lowest BCUT2D eigenvalue weighted by atomic mass is 9.87. The van der Waals surface area contributed by atoms with E-state index in [1.807, 2.05) is 0 Å². The van der Waals surface area contributed by atoms with Crippen molar-refractivity contribution in [2.75, 3.05) is 13.7 Å². The lowest BCUT2D eigenvalue weighted by molar-refractivity contribution is -0.0618. The zero-order valence-corrected chi connectivity index (χ0v) is 28.3. The van der Waals surface area contributed by atoms with Crippen molar-refractivity contribution in [1.82, 2.24) is 0 Å². The van der Waals surface area contributed by atoms with E-state index < -0.39 is 28.8 Å². The van der Waals surface area contributed by atoms with Crippen LogP contribution in [0.25, 0.3) is 0 Å². The van der Waals surface area contributed by atoms with Crippen LogP contribution in [0.1, 0.15) is 55.4 Å². The number of benzene rings is 2. The first-order chi connectivity index (χ1) is 18.0. The maximum atomic E-state index is 11.3. The van der Waals surface area contributed by atoms with E-state index in [9.17, 15) is 5.11 Å². The van der Waals surface area contributed by atoms with Crippen LogP contribution in [0.4, 0.5) is 0 Å². The molecule has 0 aliphatic rings. The van der Waals surface area contributed by atoms with E-state index in [-0.39, 0.29) is 28.0 Å². The molecule has 2 rings (SSSR count). The van der Waals surface area contributed by atoms with Gasteiger partial charge in [0.1, 0.15) is 6.10 Å². The van der Waals surface area contributed by atoms with Gasteiger partial charge in [0.2, 0.25) is 0 Å². The number of ether oxygens (including phenoxy) is 1. The molecular weight excluding hydrogens is 517 g/mol. The van der Waals surface area contributed by atoms with Crippen LogP contribution in [0.3, 0.4) is 0 Å². The SMILES string of the molecule is C=C[C@H](OC)[C@H](O)[C@@H](C)[C@@H](O[Si](C)(C)C(C)(C)C)[C@@H](C)CO[Si](c1ccccc1)(c1ccccc1)C(C)(C)C. The van der Waals surface area contributed by atoms with E-state index in [1.165, 1.54) is 10.4 Å². The summed E-state index contributed by atoms with van der Waals surface area (Å²) in [4.78, 5) is 0. The van der Waals surface area contributed by atoms with Crippen molar-refractivity contribution < 1.29 is 18.7 Å². The van der Waals surface area contributed by atoms with E-state index in [0.29, 0.717) is 6.61 Å².